The summed E-state index contributed by atoms with van der Waals surface area (Å²) >= 11 is 0. The number of aromatic nitrogens is 3. The molecule has 1 unspecified atom stereocenters. The summed E-state index contributed by atoms with van der Waals surface area (Å²) < 4.78 is 1.77. The third-order valence-electron chi connectivity index (χ3n) is 3.52. The number of pyridine rings is 1. The van der Waals surface area contributed by atoms with Gasteiger partial charge >= 0.3 is 0 Å². The van der Waals surface area contributed by atoms with Gasteiger partial charge in [0.15, 0.2) is 5.82 Å². The monoisotopic (exact) mass is 337 g/mol. The van der Waals surface area contributed by atoms with Crippen LogP contribution in [0.5, 0.6) is 0 Å². The lowest BCUT2D eigenvalue weighted by Gasteiger charge is -2.22. The average Bonchev–Trinajstić information content (AvgIpc) is 2.78. The summed E-state index contributed by atoms with van der Waals surface area (Å²) in [7, 11) is 0. The quantitative estimate of drug-likeness (QED) is 0.878. The number of aryl methyl sites for hydroxylation is 2. The van der Waals surface area contributed by atoms with Crippen LogP contribution in [0.1, 0.15) is 38.1 Å². The Morgan fingerprint density at radius 3 is 2.57 bits per heavy atom. The Balaban J connectivity index is 0.00000264. The average molecular weight is 338 g/mol. The van der Waals surface area contributed by atoms with E-state index in [9.17, 15) is 4.79 Å². The normalized spacial score (nSPS) is 13.1. The maximum absolute atomic E-state index is 12.2. The maximum atomic E-state index is 12.2. The van der Waals surface area contributed by atoms with Crippen LogP contribution in [0.15, 0.2) is 24.4 Å². The maximum Gasteiger partial charge on any atom is 0.244 e. The third-order valence-corrected chi connectivity index (χ3v) is 3.52. The minimum absolute atomic E-state index is 0. The summed E-state index contributed by atoms with van der Waals surface area (Å²) in [5.41, 5.74) is 7.72. The van der Waals surface area contributed by atoms with E-state index < -0.39 is 5.54 Å². The molecule has 2 rings (SSSR count). The molecule has 126 valence electrons. The first-order valence-corrected chi connectivity index (χ1v) is 7.43. The molecule has 1 atom stereocenters. The summed E-state index contributed by atoms with van der Waals surface area (Å²) in [4.78, 5) is 16.5. The number of halogens is 1. The fourth-order valence-electron chi connectivity index (χ4n) is 2.35. The highest BCUT2D eigenvalue weighted by atomic mass is 35.5. The Kier molecular flexibility index (Phi) is 6.29. The zero-order valence-electron chi connectivity index (χ0n) is 14.0. The zero-order valence-corrected chi connectivity index (χ0v) is 14.8. The van der Waals surface area contributed by atoms with Gasteiger partial charge in [-0.25, -0.2) is 9.67 Å². The molecule has 6 nitrogen and oxygen atoms in total. The molecule has 1 amide bonds. The molecule has 0 aliphatic carbocycles. The Labute approximate surface area is 142 Å². The number of carbonyl (C=O) groups excluding carboxylic acids is 1. The smallest absolute Gasteiger partial charge is 0.244 e. The molecule has 0 saturated heterocycles. The van der Waals surface area contributed by atoms with E-state index in [2.05, 4.69) is 15.4 Å². The number of nitrogens with two attached hydrogens (primary N) is 1. The van der Waals surface area contributed by atoms with Crippen LogP contribution in [0.2, 0.25) is 0 Å². The largest absolute Gasteiger partial charge is 0.323 e. The van der Waals surface area contributed by atoms with Crippen molar-refractivity contribution < 1.29 is 4.79 Å². The van der Waals surface area contributed by atoms with Crippen molar-refractivity contribution >= 4 is 24.0 Å². The topological polar surface area (TPSA) is 85.8 Å². The third kappa shape index (κ3) is 4.53. The molecule has 0 saturated carbocycles. The lowest BCUT2D eigenvalue weighted by molar-refractivity contribution is -0.120. The van der Waals surface area contributed by atoms with Crippen LogP contribution in [0.25, 0.3) is 5.82 Å². The first-order chi connectivity index (χ1) is 10.3. The standard InChI is InChI=1S/C16H23N5O.ClH/c1-5-8-16(4,17)15(22)19-13-6-7-14(18-10-13)21-12(3)9-11(2)20-21;/h6-7,9-10H,5,8,17H2,1-4H3,(H,19,22);1H. The molecular weight excluding hydrogens is 314 g/mol. The van der Waals surface area contributed by atoms with Crippen molar-refractivity contribution in [3.8, 4) is 5.82 Å². The summed E-state index contributed by atoms with van der Waals surface area (Å²) in [6, 6.07) is 5.61. The fourth-order valence-corrected chi connectivity index (χ4v) is 2.35. The van der Waals surface area contributed by atoms with E-state index in [0.717, 1.165) is 17.8 Å². The molecule has 0 aromatic carbocycles. The fraction of sp³-hybridized carbons (Fsp3) is 0.438. The summed E-state index contributed by atoms with van der Waals surface area (Å²) in [5, 5.41) is 7.19. The van der Waals surface area contributed by atoms with Gasteiger partial charge in [-0.2, -0.15) is 5.10 Å². The lowest BCUT2D eigenvalue weighted by Crippen LogP contribution is -2.48. The van der Waals surface area contributed by atoms with E-state index in [0.29, 0.717) is 17.9 Å². The predicted molar refractivity (Wildman–Crippen MR) is 94.2 cm³/mol. The lowest BCUT2D eigenvalue weighted by atomic mass is 9.96. The second kappa shape index (κ2) is 7.57. The number of amides is 1. The number of carbonyl (C=O) groups is 1. The molecule has 3 N–H and O–H groups in total. The molecular formula is C16H24ClN5O. The number of anilines is 1. The first-order valence-electron chi connectivity index (χ1n) is 7.43. The molecule has 0 spiro atoms. The molecule has 2 aromatic heterocycles. The summed E-state index contributed by atoms with van der Waals surface area (Å²) in [6.07, 6.45) is 3.11. The van der Waals surface area contributed by atoms with Gasteiger partial charge in [-0.15, -0.1) is 12.4 Å². The van der Waals surface area contributed by atoms with Crippen LogP contribution in [0, 0.1) is 13.8 Å². The number of rotatable bonds is 5. The molecule has 0 aliphatic heterocycles. The van der Waals surface area contributed by atoms with Crippen molar-refractivity contribution in [2.75, 3.05) is 5.32 Å². The highest BCUT2D eigenvalue weighted by Gasteiger charge is 2.27. The highest BCUT2D eigenvalue weighted by Crippen LogP contribution is 2.15. The Morgan fingerprint density at radius 1 is 1.39 bits per heavy atom. The Bertz CT molecular complexity index is 664. The van der Waals surface area contributed by atoms with Gasteiger partial charge in [-0.05, 0) is 45.4 Å². The van der Waals surface area contributed by atoms with E-state index in [4.69, 9.17) is 5.73 Å². The van der Waals surface area contributed by atoms with Crippen LogP contribution < -0.4 is 11.1 Å². The van der Waals surface area contributed by atoms with Crippen molar-refractivity contribution in [1.82, 2.24) is 14.8 Å². The van der Waals surface area contributed by atoms with Crippen LogP contribution >= 0.6 is 12.4 Å². The van der Waals surface area contributed by atoms with Gasteiger partial charge in [0.25, 0.3) is 0 Å². The van der Waals surface area contributed by atoms with Gasteiger partial charge < -0.3 is 11.1 Å². The summed E-state index contributed by atoms with van der Waals surface area (Å²) in [5.74, 6) is 0.516. The van der Waals surface area contributed by atoms with E-state index in [-0.39, 0.29) is 18.3 Å². The van der Waals surface area contributed by atoms with Crippen molar-refractivity contribution in [2.45, 2.75) is 46.1 Å². The van der Waals surface area contributed by atoms with Gasteiger partial charge in [-0.3, -0.25) is 4.79 Å². The number of nitrogens with zero attached hydrogens (tertiary/aromatic N) is 3. The Morgan fingerprint density at radius 2 is 2.09 bits per heavy atom. The highest BCUT2D eigenvalue weighted by molar-refractivity contribution is 5.97. The Hall–Kier alpha value is -1.92. The van der Waals surface area contributed by atoms with Crippen LogP contribution in [0.4, 0.5) is 5.69 Å². The summed E-state index contributed by atoms with van der Waals surface area (Å²) in [6.45, 7) is 7.66. The minimum Gasteiger partial charge on any atom is -0.323 e. The molecule has 0 bridgehead atoms. The van der Waals surface area contributed by atoms with E-state index in [1.807, 2.05) is 32.9 Å². The van der Waals surface area contributed by atoms with Crippen LogP contribution in [0.3, 0.4) is 0 Å². The van der Waals surface area contributed by atoms with Gasteiger partial charge in [0.2, 0.25) is 5.91 Å². The van der Waals surface area contributed by atoms with Crippen LogP contribution in [-0.4, -0.2) is 26.2 Å². The van der Waals surface area contributed by atoms with E-state index in [1.54, 1.807) is 23.9 Å². The van der Waals surface area contributed by atoms with Crippen LogP contribution in [-0.2, 0) is 4.79 Å². The number of hydrogen-bond acceptors (Lipinski definition) is 4. The SMILES string of the molecule is CCCC(C)(N)C(=O)Nc1ccc(-n2nc(C)cc2C)nc1.Cl. The van der Waals surface area contributed by atoms with Gasteiger partial charge in [0.1, 0.15) is 0 Å². The molecule has 23 heavy (non-hydrogen) atoms. The van der Waals surface area contributed by atoms with Gasteiger partial charge in [0.05, 0.1) is 23.1 Å². The van der Waals surface area contributed by atoms with Gasteiger partial charge in [-0.1, -0.05) is 13.3 Å². The predicted octanol–water partition coefficient (Wildman–Crippen LogP) is 2.76. The number of hydrogen-bond donors (Lipinski definition) is 2. The van der Waals surface area contributed by atoms with Gasteiger partial charge in [0, 0.05) is 5.69 Å². The van der Waals surface area contributed by atoms with E-state index >= 15 is 0 Å². The molecule has 7 heteroatoms. The molecule has 0 radical (unpaired) electrons. The second-order valence-corrected chi connectivity index (χ2v) is 5.87. The first kappa shape index (κ1) is 19.1. The number of nitrogens with one attached hydrogen (secondary N) is 1. The van der Waals surface area contributed by atoms with Crippen molar-refractivity contribution in [3.63, 3.8) is 0 Å². The zero-order chi connectivity index (χ0) is 16.3. The molecule has 2 aromatic rings. The van der Waals surface area contributed by atoms with Crippen molar-refractivity contribution in [3.05, 3.63) is 35.8 Å². The van der Waals surface area contributed by atoms with Crippen molar-refractivity contribution in [1.29, 1.82) is 0 Å². The molecule has 2 heterocycles. The molecule has 0 fully saturated rings. The second-order valence-electron chi connectivity index (χ2n) is 5.87. The van der Waals surface area contributed by atoms with E-state index in [1.165, 1.54) is 0 Å². The minimum atomic E-state index is -0.872. The molecule has 0 aliphatic rings. The van der Waals surface area contributed by atoms with Crippen molar-refractivity contribution in [2.24, 2.45) is 5.73 Å².